The summed E-state index contributed by atoms with van der Waals surface area (Å²) in [6, 6.07) is 9.57. The van der Waals surface area contributed by atoms with Crippen molar-refractivity contribution < 1.29 is 24.2 Å². The number of aliphatic hydroxyl groups is 1. The van der Waals surface area contributed by atoms with Gasteiger partial charge in [0.05, 0.1) is 30.7 Å². The van der Waals surface area contributed by atoms with Gasteiger partial charge < -0.3 is 19.5 Å². The maximum absolute atomic E-state index is 13.2. The molecule has 0 aliphatic carbocycles. The molecule has 4 atom stereocenters. The van der Waals surface area contributed by atoms with Gasteiger partial charge in [-0.25, -0.2) is 0 Å². The average Bonchev–Trinajstić information content (AvgIpc) is 3.35. The van der Waals surface area contributed by atoms with Crippen LogP contribution < -0.4 is 0 Å². The number of esters is 1. The predicted octanol–water partition coefficient (Wildman–Crippen LogP) is 0.660. The summed E-state index contributed by atoms with van der Waals surface area (Å²) in [5.41, 5.74) is 0.933. The van der Waals surface area contributed by atoms with Crippen LogP contribution in [0.25, 0.3) is 0 Å². The van der Waals surface area contributed by atoms with E-state index in [4.69, 9.17) is 14.6 Å². The molecule has 3 saturated heterocycles. The molecule has 0 saturated carbocycles. The number of nitrogens with zero attached hydrogens (tertiary/aromatic N) is 2. The van der Waals surface area contributed by atoms with E-state index in [0.717, 1.165) is 31.5 Å². The molecule has 28 heavy (non-hydrogen) atoms. The Labute approximate surface area is 165 Å². The van der Waals surface area contributed by atoms with Crippen LogP contribution >= 0.6 is 0 Å². The second kappa shape index (κ2) is 8.59. The Hall–Kier alpha value is -1.96. The van der Waals surface area contributed by atoms with Gasteiger partial charge in [-0.2, -0.15) is 0 Å². The summed E-state index contributed by atoms with van der Waals surface area (Å²) in [6.07, 6.45) is 1.25. The van der Waals surface area contributed by atoms with Crippen LogP contribution in [0.15, 0.2) is 30.3 Å². The van der Waals surface area contributed by atoms with Gasteiger partial charge in [-0.15, -0.1) is 0 Å². The zero-order chi connectivity index (χ0) is 19.5. The smallest absolute Gasteiger partial charge is 0.312 e. The van der Waals surface area contributed by atoms with Crippen LogP contribution in [0.3, 0.4) is 0 Å². The standard InChI is InChI=1S/C21H28N2O5/c24-13-12-22-8-10-23(11-9-22)20(25)18-16-6-7-17(28-16)19(18)21(26)27-14-15-4-2-1-3-5-15/h1-5,16-19,24H,6-14H2/t16-,17+,18?,19?/m0/s1. The number of amides is 1. The van der Waals surface area contributed by atoms with E-state index in [1.165, 1.54) is 0 Å². The SMILES string of the molecule is O=C(OCc1ccccc1)C1C(C(=O)N2CCN(CCO)CC2)[C@@H]2CC[C@H]1O2. The normalized spacial score (nSPS) is 29.8. The summed E-state index contributed by atoms with van der Waals surface area (Å²) in [5.74, 6) is -1.26. The van der Waals surface area contributed by atoms with Crippen LogP contribution in [0.1, 0.15) is 18.4 Å². The fraction of sp³-hybridized carbons (Fsp3) is 0.619. The van der Waals surface area contributed by atoms with E-state index in [-0.39, 0.29) is 37.3 Å². The van der Waals surface area contributed by atoms with Gasteiger partial charge in [0, 0.05) is 32.7 Å². The largest absolute Gasteiger partial charge is 0.461 e. The molecule has 0 spiro atoms. The number of ether oxygens (including phenoxy) is 2. The minimum Gasteiger partial charge on any atom is -0.461 e. The number of β-amino-alcohol motifs (C(OH)–C–C–N with tert-alkyl or cyclic N) is 1. The molecule has 7 heteroatoms. The molecule has 4 rings (SSSR count). The summed E-state index contributed by atoms with van der Waals surface area (Å²) in [7, 11) is 0. The van der Waals surface area contributed by atoms with Gasteiger partial charge in [-0.3, -0.25) is 14.5 Å². The highest BCUT2D eigenvalue weighted by Crippen LogP contribution is 2.45. The molecule has 1 aromatic rings. The minimum atomic E-state index is -0.509. The third-order valence-electron chi connectivity index (χ3n) is 6.15. The first-order chi connectivity index (χ1) is 13.7. The monoisotopic (exact) mass is 388 g/mol. The van der Waals surface area contributed by atoms with Gasteiger partial charge in [-0.1, -0.05) is 30.3 Å². The third-order valence-corrected chi connectivity index (χ3v) is 6.15. The van der Waals surface area contributed by atoms with Gasteiger partial charge in [0.15, 0.2) is 0 Å². The number of carbonyl (C=O) groups excluding carboxylic acids is 2. The molecular weight excluding hydrogens is 360 g/mol. The van der Waals surface area contributed by atoms with Crippen molar-refractivity contribution in [3.8, 4) is 0 Å². The predicted molar refractivity (Wildman–Crippen MR) is 101 cm³/mol. The van der Waals surface area contributed by atoms with Crippen molar-refractivity contribution in [3.63, 3.8) is 0 Å². The lowest BCUT2D eigenvalue weighted by atomic mass is 9.78. The summed E-state index contributed by atoms with van der Waals surface area (Å²) in [6.45, 7) is 3.72. The van der Waals surface area contributed by atoms with Crippen LogP contribution in [-0.4, -0.2) is 78.3 Å². The molecule has 2 unspecified atom stereocenters. The summed E-state index contributed by atoms with van der Waals surface area (Å²) in [4.78, 5) is 30.0. The quantitative estimate of drug-likeness (QED) is 0.722. The number of carbonyl (C=O) groups is 2. The average molecular weight is 388 g/mol. The molecule has 3 fully saturated rings. The molecule has 7 nitrogen and oxygen atoms in total. The Balaban J connectivity index is 1.39. The molecule has 1 N–H and O–H groups in total. The van der Waals surface area contributed by atoms with Crippen LogP contribution in [0.5, 0.6) is 0 Å². The summed E-state index contributed by atoms with van der Waals surface area (Å²) < 4.78 is 11.5. The second-order valence-corrected chi connectivity index (χ2v) is 7.83. The fourth-order valence-electron chi connectivity index (χ4n) is 4.66. The fourth-order valence-corrected chi connectivity index (χ4v) is 4.66. The first-order valence-corrected chi connectivity index (χ1v) is 10.2. The van der Waals surface area contributed by atoms with E-state index in [1.807, 2.05) is 35.2 Å². The molecule has 3 aliphatic rings. The van der Waals surface area contributed by atoms with E-state index >= 15 is 0 Å². The maximum Gasteiger partial charge on any atom is 0.312 e. The van der Waals surface area contributed by atoms with E-state index in [1.54, 1.807) is 0 Å². The van der Waals surface area contributed by atoms with Gasteiger partial charge in [0.25, 0.3) is 0 Å². The first-order valence-electron chi connectivity index (χ1n) is 10.2. The van der Waals surface area contributed by atoms with Crippen LogP contribution in [0, 0.1) is 11.8 Å². The molecule has 152 valence electrons. The van der Waals surface area contributed by atoms with Crippen molar-refractivity contribution >= 4 is 11.9 Å². The van der Waals surface area contributed by atoms with Gasteiger partial charge in [0.1, 0.15) is 6.61 Å². The number of rotatable bonds is 6. The number of hydrogen-bond donors (Lipinski definition) is 1. The van der Waals surface area contributed by atoms with Crippen molar-refractivity contribution in [2.24, 2.45) is 11.8 Å². The van der Waals surface area contributed by atoms with Gasteiger partial charge in [0.2, 0.25) is 5.91 Å². The van der Waals surface area contributed by atoms with Crippen molar-refractivity contribution in [3.05, 3.63) is 35.9 Å². The lowest BCUT2D eigenvalue weighted by Crippen LogP contribution is -2.53. The summed E-state index contributed by atoms with van der Waals surface area (Å²) in [5, 5.41) is 9.08. The van der Waals surface area contributed by atoms with Gasteiger partial charge >= 0.3 is 5.97 Å². The lowest BCUT2D eigenvalue weighted by molar-refractivity contribution is -0.157. The number of aliphatic hydroxyl groups excluding tert-OH is 1. The Morgan fingerprint density at radius 1 is 1.04 bits per heavy atom. The Morgan fingerprint density at radius 2 is 1.71 bits per heavy atom. The maximum atomic E-state index is 13.2. The number of fused-ring (bicyclic) bond motifs is 2. The minimum absolute atomic E-state index is 0.0116. The highest BCUT2D eigenvalue weighted by molar-refractivity contribution is 5.87. The lowest BCUT2D eigenvalue weighted by Gasteiger charge is -2.37. The van der Waals surface area contributed by atoms with Crippen LogP contribution in [-0.2, 0) is 25.7 Å². The second-order valence-electron chi connectivity index (χ2n) is 7.83. The van der Waals surface area contributed by atoms with E-state index in [9.17, 15) is 9.59 Å². The highest BCUT2D eigenvalue weighted by atomic mass is 16.5. The van der Waals surface area contributed by atoms with Gasteiger partial charge in [-0.05, 0) is 18.4 Å². The topological polar surface area (TPSA) is 79.3 Å². The molecule has 3 aliphatic heterocycles. The van der Waals surface area contributed by atoms with Crippen molar-refractivity contribution in [2.75, 3.05) is 39.3 Å². The Kier molecular flexibility index (Phi) is 5.94. The third kappa shape index (κ3) is 3.92. The van der Waals surface area contributed by atoms with Crippen molar-refractivity contribution in [1.82, 2.24) is 9.80 Å². The van der Waals surface area contributed by atoms with Crippen molar-refractivity contribution in [2.45, 2.75) is 31.7 Å². The number of piperazine rings is 1. The number of hydrogen-bond acceptors (Lipinski definition) is 6. The molecular formula is C21H28N2O5. The van der Waals surface area contributed by atoms with Crippen LogP contribution in [0.4, 0.5) is 0 Å². The molecule has 1 amide bonds. The molecule has 2 bridgehead atoms. The molecule has 3 heterocycles. The Bertz CT molecular complexity index is 689. The zero-order valence-electron chi connectivity index (χ0n) is 16.0. The Morgan fingerprint density at radius 3 is 2.39 bits per heavy atom. The molecule has 1 aromatic carbocycles. The van der Waals surface area contributed by atoms with Crippen molar-refractivity contribution in [1.29, 1.82) is 0 Å². The highest BCUT2D eigenvalue weighted by Gasteiger charge is 2.57. The summed E-state index contributed by atoms with van der Waals surface area (Å²) >= 11 is 0. The molecule has 0 radical (unpaired) electrons. The zero-order valence-corrected chi connectivity index (χ0v) is 16.0. The number of benzene rings is 1. The van der Waals surface area contributed by atoms with Crippen LogP contribution in [0.2, 0.25) is 0 Å². The van der Waals surface area contributed by atoms with E-state index in [0.29, 0.717) is 19.6 Å². The van der Waals surface area contributed by atoms with E-state index in [2.05, 4.69) is 4.90 Å². The first kappa shape index (κ1) is 19.4. The molecule has 0 aromatic heterocycles. The van der Waals surface area contributed by atoms with E-state index < -0.39 is 11.8 Å².